The molecular weight excluding hydrogens is 220 g/mol. The Labute approximate surface area is 98.1 Å². The van der Waals surface area contributed by atoms with E-state index in [0.717, 1.165) is 5.39 Å². The van der Waals surface area contributed by atoms with Crippen LogP contribution in [-0.4, -0.2) is 23.3 Å². The Hall–Kier alpha value is -2.23. The second kappa shape index (κ2) is 4.33. The Morgan fingerprint density at radius 3 is 2.65 bits per heavy atom. The summed E-state index contributed by atoms with van der Waals surface area (Å²) in [5.74, 6) is -0.477. The minimum atomic E-state index is -0.896. The highest BCUT2D eigenvalue weighted by Gasteiger charge is 2.10. The van der Waals surface area contributed by atoms with Crippen LogP contribution in [-0.2, 0) is 11.2 Å². The fourth-order valence-electron chi connectivity index (χ4n) is 1.87. The molecule has 0 fully saturated rings. The van der Waals surface area contributed by atoms with Crippen molar-refractivity contribution in [1.29, 1.82) is 0 Å². The van der Waals surface area contributed by atoms with Crippen LogP contribution in [0.2, 0.25) is 0 Å². The quantitative estimate of drug-likeness (QED) is 0.851. The molecule has 4 nitrogen and oxygen atoms in total. The monoisotopic (exact) mass is 232 g/mol. The molecule has 0 bridgehead atoms. The second-order valence-corrected chi connectivity index (χ2v) is 3.70. The van der Waals surface area contributed by atoms with Gasteiger partial charge in [0.1, 0.15) is 0 Å². The minimum Gasteiger partial charge on any atom is -0.504 e. The smallest absolute Gasteiger partial charge is 0.307 e. The van der Waals surface area contributed by atoms with Crippen molar-refractivity contribution in [3.05, 3.63) is 35.9 Å². The van der Waals surface area contributed by atoms with Crippen molar-refractivity contribution in [3.8, 4) is 11.5 Å². The minimum absolute atomic E-state index is 0.0391. The number of benzene rings is 2. The average molecular weight is 232 g/mol. The summed E-state index contributed by atoms with van der Waals surface area (Å²) in [5, 5.41) is 20.1. The maximum absolute atomic E-state index is 10.7. The first-order valence-corrected chi connectivity index (χ1v) is 5.13. The van der Waals surface area contributed by atoms with Gasteiger partial charge in [-0.3, -0.25) is 4.79 Å². The summed E-state index contributed by atoms with van der Waals surface area (Å²) < 4.78 is 5.01. The van der Waals surface area contributed by atoms with Crippen LogP contribution in [0.25, 0.3) is 10.8 Å². The second-order valence-electron chi connectivity index (χ2n) is 3.70. The third kappa shape index (κ3) is 2.01. The molecule has 0 saturated heterocycles. The molecule has 0 unspecified atom stereocenters. The molecule has 2 rings (SSSR count). The number of fused-ring (bicyclic) bond motifs is 1. The molecule has 0 aliphatic carbocycles. The van der Waals surface area contributed by atoms with E-state index in [1.54, 1.807) is 30.3 Å². The van der Waals surface area contributed by atoms with E-state index < -0.39 is 5.97 Å². The van der Waals surface area contributed by atoms with Crippen LogP contribution in [0.5, 0.6) is 11.5 Å². The van der Waals surface area contributed by atoms with Crippen LogP contribution < -0.4 is 4.74 Å². The number of methoxy groups -OCH3 is 1. The maximum atomic E-state index is 10.7. The number of ether oxygens (including phenoxy) is 1. The van der Waals surface area contributed by atoms with Crippen molar-refractivity contribution in [2.45, 2.75) is 6.42 Å². The third-order valence-electron chi connectivity index (χ3n) is 2.65. The molecule has 0 heterocycles. The van der Waals surface area contributed by atoms with Crippen molar-refractivity contribution >= 4 is 16.7 Å². The standard InChI is InChI=1S/C13H12O4/c1-17-11-6-5-9-8(7-12(14)15)3-2-4-10(9)13(11)16/h2-6,16H,7H2,1H3,(H,14,15). The first kappa shape index (κ1) is 11.3. The van der Waals surface area contributed by atoms with Crippen molar-refractivity contribution in [2.24, 2.45) is 0 Å². The molecule has 0 amide bonds. The number of phenolic OH excluding ortho intramolecular Hbond substituents is 1. The van der Waals surface area contributed by atoms with Gasteiger partial charge in [-0.2, -0.15) is 0 Å². The van der Waals surface area contributed by atoms with Crippen molar-refractivity contribution in [3.63, 3.8) is 0 Å². The average Bonchev–Trinajstić information content (AvgIpc) is 2.30. The molecule has 2 N–H and O–H groups in total. The van der Waals surface area contributed by atoms with Gasteiger partial charge >= 0.3 is 5.97 Å². The zero-order valence-corrected chi connectivity index (χ0v) is 9.30. The Morgan fingerprint density at radius 1 is 1.24 bits per heavy atom. The maximum Gasteiger partial charge on any atom is 0.307 e. The molecule has 0 aromatic heterocycles. The van der Waals surface area contributed by atoms with E-state index in [0.29, 0.717) is 16.7 Å². The Bertz CT molecular complexity index is 575. The van der Waals surface area contributed by atoms with Gasteiger partial charge in [-0.1, -0.05) is 24.3 Å². The van der Waals surface area contributed by atoms with Gasteiger partial charge < -0.3 is 14.9 Å². The molecule has 0 aliphatic rings. The molecule has 0 radical (unpaired) electrons. The van der Waals surface area contributed by atoms with E-state index in [1.165, 1.54) is 7.11 Å². The number of aromatic hydroxyl groups is 1. The van der Waals surface area contributed by atoms with Crippen molar-refractivity contribution in [2.75, 3.05) is 7.11 Å². The van der Waals surface area contributed by atoms with Gasteiger partial charge in [-0.05, 0) is 17.0 Å². The van der Waals surface area contributed by atoms with Crippen LogP contribution in [0.4, 0.5) is 0 Å². The predicted molar refractivity (Wildman–Crippen MR) is 63.5 cm³/mol. The first-order valence-electron chi connectivity index (χ1n) is 5.13. The lowest BCUT2D eigenvalue weighted by Crippen LogP contribution is -2.00. The normalized spacial score (nSPS) is 10.4. The largest absolute Gasteiger partial charge is 0.504 e. The molecule has 2 aromatic rings. The number of hydrogen-bond donors (Lipinski definition) is 2. The summed E-state index contributed by atoms with van der Waals surface area (Å²) in [6.07, 6.45) is -0.0664. The molecule has 0 saturated carbocycles. The van der Waals surface area contributed by atoms with Gasteiger partial charge in [0.05, 0.1) is 13.5 Å². The first-order chi connectivity index (χ1) is 8.13. The number of rotatable bonds is 3. The van der Waals surface area contributed by atoms with Crippen LogP contribution in [0, 0.1) is 0 Å². The topological polar surface area (TPSA) is 66.8 Å². The molecule has 88 valence electrons. The van der Waals surface area contributed by atoms with Crippen LogP contribution in [0.3, 0.4) is 0 Å². The van der Waals surface area contributed by atoms with Gasteiger partial charge in [0.2, 0.25) is 0 Å². The van der Waals surface area contributed by atoms with E-state index in [9.17, 15) is 9.90 Å². The van der Waals surface area contributed by atoms with E-state index in [-0.39, 0.29) is 12.2 Å². The van der Waals surface area contributed by atoms with Crippen LogP contribution in [0.1, 0.15) is 5.56 Å². The lowest BCUT2D eigenvalue weighted by molar-refractivity contribution is -0.136. The van der Waals surface area contributed by atoms with E-state index >= 15 is 0 Å². The van der Waals surface area contributed by atoms with Gasteiger partial charge in [-0.25, -0.2) is 0 Å². The number of hydrogen-bond acceptors (Lipinski definition) is 3. The molecule has 0 aliphatic heterocycles. The number of phenols is 1. The molecule has 2 aromatic carbocycles. The Balaban J connectivity index is 2.66. The fraction of sp³-hybridized carbons (Fsp3) is 0.154. The van der Waals surface area contributed by atoms with Crippen LogP contribution >= 0.6 is 0 Å². The van der Waals surface area contributed by atoms with E-state index in [4.69, 9.17) is 9.84 Å². The summed E-state index contributed by atoms with van der Waals surface area (Å²) in [5.41, 5.74) is 0.674. The molecule has 0 atom stereocenters. The number of carboxylic acids is 1. The van der Waals surface area contributed by atoms with E-state index in [1.807, 2.05) is 0 Å². The molecule has 17 heavy (non-hydrogen) atoms. The number of carbonyl (C=O) groups is 1. The highest BCUT2D eigenvalue weighted by Crippen LogP contribution is 2.35. The van der Waals surface area contributed by atoms with Gasteiger partial charge in [0.15, 0.2) is 11.5 Å². The van der Waals surface area contributed by atoms with Gasteiger partial charge in [-0.15, -0.1) is 0 Å². The summed E-state index contributed by atoms with van der Waals surface area (Å²) in [6.45, 7) is 0. The highest BCUT2D eigenvalue weighted by atomic mass is 16.5. The predicted octanol–water partition coefficient (Wildman–Crippen LogP) is 2.18. The summed E-state index contributed by atoms with van der Waals surface area (Å²) in [4.78, 5) is 10.7. The lowest BCUT2D eigenvalue weighted by atomic mass is 10.0. The number of aliphatic carboxylic acids is 1. The highest BCUT2D eigenvalue weighted by molar-refractivity contribution is 5.94. The van der Waals surface area contributed by atoms with Gasteiger partial charge in [0.25, 0.3) is 0 Å². The van der Waals surface area contributed by atoms with E-state index in [2.05, 4.69) is 0 Å². The van der Waals surface area contributed by atoms with Crippen molar-refractivity contribution in [1.82, 2.24) is 0 Å². The fourth-order valence-corrected chi connectivity index (χ4v) is 1.87. The molecular formula is C13H12O4. The van der Waals surface area contributed by atoms with Gasteiger partial charge in [0, 0.05) is 5.39 Å². The molecule has 0 spiro atoms. The lowest BCUT2D eigenvalue weighted by Gasteiger charge is -2.09. The van der Waals surface area contributed by atoms with Crippen molar-refractivity contribution < 1.29 is 19.7 Å². The van der Waals surface area contributed by atoms with Crippen LogP contribution in [0.15, 0.2) is 30.3 Å². The SMILES string of the molecule is COc1ccc2c(CC(=O)O)cccc2c1O. The summed E-state index contributed by atoms with van der Waals surface area (Å²) in [6, 6.07) is 8.58. The Kier molecular flexibility index (Phi) is 2.87. The Morgan fingerprint density at radius 2 is 2.00 bits per heavy atom. The zero-order chi connectivity index (χ0) is 12.4. The number of carboxylic acid groups (broad SMARTS) is 1. The summed E-state index contributed by atoms with van der Waals surface area (Å²) >= 11 is 0. The molecule has 4 heteroatoms. The zero-order valence-electron chi connectivity index (χ0n) is 9.30. The third-order valence-corrected chi connectivity index (χ3v) is 2.65. The summed E-state index contributed by atoms with van der Waals surface area (Å²) in [7, 11) is 1.47.